The summed E-state index contributed by atoms with van der Waals surface area (Å²) in [5, 5.41) is 21.5. The fraction of sp³-hybridized carbons (Fsp3) is 0.529. The van der Waals surface area contributed by atoms with Gasteiger partial charge in [-0.3, -0.25) is 4.79 Å². The molecule has 0 saturated carbocycles. The highest BCUT2D eigenvalue weighted by atomic mass is 32.2. The molecule has 8 nitrogen and oxygen atoms in total. The molecule has 9 heteroatoms. The van der Waals surface area contributed by atoms with Gasteiger partial charge in [0, 0.05) is 12.3 Å². The summed E-state index contributed by atoms with van der Waals surface area (Å²) in [5.74, 6) is -1.97. The van der Waals surface area contributed by atoms with E-state index in [-0.39, 0.29) is 23.7 Å². The van der Waals surface area contributed by atoms with Crippen molar-refractivity contribution in [2.75, 3.05) is 6.26 Å². The van der Waals surface area contributed by atoms with Gasteiger partial charge in [-0.15, -0.1) is 0 Å². The van der Waals surface area contributed by atoms with E-state index >= 15 is 0 Å². The number of carboxylic acid groups (broad SMARTS) is 1. The number of carbonyl (C=O) groups excluding carboxylic acids is 1. The van der Waals surface area contributed by atoms with Gasteiger partial charge in [-0.1, -0.05) is 26.0 Å². The molecule has 0 heterocycles. The zero-order valence-electron chi connectivity index (χ0n) is 15.0. The number of hydrogen-bond donors (Lipinski definition) is 4. The van der Waals surface area contributed by atoms with E-state index in [0.717, 1.165) is 6.26 Å². The molecule has 5 N–H and O–H groups in total. The molecule has 0 saturated heterocycles. The van der Waals surface area contributed by atoms with Crippen LogP contribution >= 0.6 is 0 Å². The van der Waals surface area contributed by atoms with E-state index in [1.54, 1.807) is 12.1 Å². The molecule has 1 rings (SSSR count). The maximum absolute atomic E-state index is 12.1. The molecule has 26 heavy (non-hydrogen) atoms. The number of aliphatic hydroxyl groups is 1. The summed E-state index contributed by atoms with van der Waals surface area (Å²) in [4.78, 5) is 23.4. The van der Waals surface area contributed by atoms with Crippen molar-refractivity contribution in [3.05, 3.63) is 29.8 Å². The molecule has 0 bridgehead atoms. The van der Waals surface area contributed by atoms with Crippen LogP contribution in [0.4, 0.5) is 0 Å². The number of aliphatic hydroxyl groups excluding tert-OH is 1. The van der Waals surface area contributed by atoms with Crippen LogP contribution in [0.15, 0.2) is 29.2 Å². The van der Waals surface area contributed by atoms with Gasteiger partial charge in [-0.25, -0.2) is 13.2 Å². The lowest BCUT2D eigenvalue weighted by atomic mass is 10.00. The Morgan fingerprint density at radius 1 is 1.19 bits per heavy atom. The summed E-state index contributed by atoms with van der Waals surface area (Å²) >= 11 is 0. The molecule has 0 aliphatic rings. The minimum atomic E-state index is -3.31. The van der Waals surface area contributed by atoms with Crippen molar-refractivity contribution in [3.8, 4) is 0 Å². The highest BCUT2D eigenvalue weighted by Gasteiger charge is 2.28. The van der Waals surface area contributed by atoms with Gasteiger partial charge >= 0.3 is 5.97 Å². The first-order chi connectivity index (χ1) is 11.9. The maximum Gasteiger partial charge on any atom is 0.326 e. The van der Waals surface area contributed by atoms with Crippen LogP contribution in [0.25, 0.3) is 0 Å². The van der Waals surface area contributed by atoms with Crippen molar-refractivity contribution in [1.29, 1.82) is 0 Å². The molecule has 0 radical (unpaired) electrons. The lowest BCUT2D eigenvalue weighted by Crippen LogP contribution is -2.52. The normalized spacial score (nSPS) is 15.3. The number of carboxylic acids is 1. The van der Waals surface area contributed by atoms with Crippen molar-refractivity contribution >= 4 is 21.7 Å². The average molecular weight is 386 g/mol. The molecule has 0 aliphatic heterocycles. The molecule has 0 aromatic heterocycles. The van der Waals surface area contributed by atoms with Gasteiger partial charge < -0.3 is 21.3 Å². The number of hydrogen-bond acceptors (Lipinski definition) is 6. The molecular weight excluding hydrogens is 360 g/mol. The lowest BCUT2D eigenvalue weighted by molar-refractivity contribution is -0.144. The van der Waals surface area contributed by atoms with Crippen molar-refractivity contribution in [1.82, 2.24) is 5.32 Å². The van der Waals surface area contributed by atoms with E-state index in [1.807, 2.05) is 13.8 Å². The summed E-state index contributed by atoms with van der Waals surface area (Å²) in [5.41, 5.74) is 6.50. The monoisotopic (exact) mass is 386 g/mol. The highest BCUT2D eigenvalue weighted by Crippen LogP contribution is 2.12. The average Bonchev–Trinajstić information content (AvgIpc) is 2.52. The second kappa shape index (κ2) is 9.11. The second-order valence-electron chi connectivity index (χ2n) is 6.76. The number of aliphatic carboxylic acids is 1. The smallest absolute Gasteiger partial charge is 0.326 e. The van der Waals surface area contributed by atoms with Crippen LogP contribution in [0.5, 0.6) is 0 Å². The Labute approximate surface area is 153 Å². The van der Waals surface area contributed by atoms with Gasteiger partial charge in [0.15, 0.2) is 9.84 Å². The van der Waals surface area contributed by atoms with Crippen LogP contribution in [-0.2, 0) is 25.8 Å². The molecule has 0 aliphatic carbocycles. The van der Waals surface area contributed by atoms with E-state index in [0.29, 0.717) is 5.56 Å². The molecule has 1 aromatic carbocycles. The van der Waals surface area contributed by atoms with Crippen molar-refractivity contribution < 1.29 is 28.2 Å². The van der Waals surface area contributed by atoms with E-state index in [4.69, 9.17) is 10.8 Å². The van der Waals surface area contributed by atoms with Gasteiger partial charge in [0.05, 0.1) is 4.90 Å². The first-order valence-electron chi connectivity index (χ1n) is 8.17. The van der Waals surface area contributed by atoms with Gasteiger partial charge in [0.2, 0.25) is 0 Å². The molecule has 3 unspecified atom stereocenters. The molecule has 1 aromatic rings. The van der Waals surface area contributed by atoms with Gasteiger partial charge in [0.1, 0.15) is 12.1 Å². The predicted octanol–water partition coefficient (Wildman–Crippen LogP) is -0.0637. The fourth-order valence-electron chi connectivity index (χ4n) is 2.40. The first-order valence-corrected chi connectivity index (χ1v) is 10.1. The zero-order chi connectivity index (χ0) is 20.1. The third-order valence-electron chi connectivity index (χ3n) is 3.82. The Bertz CT molecular complexity index is 730. The third kappa shape index (κ3) is 6.74. The van der Waals surface area contributed by atoms with E-state index in [9.17, 15) is 23.1 Å². The fourth-order valence-corrected chi connectivity index (χ4v) is 3.03. The van der Waals surface area contributed by atoms with Crippen LogP contribution in [0, 0.1) is 5.92 Å². The van der Waals surface area contributed by atoms with Crippen molar-refractivity contribution in [2.45, 2.75) is 49.8 Å². The van der Waals surface area contributed by atoms with E-state index < -0.39 is 39.9 Å². The summed E-state index contributed by atoms with van der Waals surface area (Å²) in [7, 11) is -3.31. The Hall–Kier alpha value is -1.97. The largest absolute Gasteiger partial charge is 0.480 e. The number of nitrogens with one attached hydrogen (secondary N) is 1. The third-order valence-corrected chi connectivity index (χ3v) is 4.95. The topological polar surface area (TPSA) is 147 Å². The number of carbonyl (C=O) groups is 2. The molecule has 0 spiro atoms. The number of benzene rings is 1. The minimum absolute atomic E-state index is 0.0515. The molecule has 146 valence electrons. The van der Waals surface area contributed by atoms with Crippen molar-refractivity contribution in [2.24, 2.45) is 11.7 Å². The van der Waals surface area contributed by atoms with E-state index in [2.05, 4.69) is 5.32 Å². The Kier molecular flexibility index (Phi) is 7.73. The van der Waals surface area contributed by atoms with E-state index in [1.165, 1.54) is 12.1 Å². The molecule has 3 atom stereocenters. The Morgan fingerprint density at radius 3 is 2.15 bits per heavy atom. The lowest BCUT2D eigenvalue weighted by Gasteiger charge is -2.22. The number of nitrogens with two attached hydrogens (primary N) is 1. The first kappa shape index (κ1) is 22.1. The van der Waals surface area contributed by atoms with Crippen LogP contribution in [0.3, 0.4) is 0 Å². The SMILES string of the molecule is CC(C)CC(NC(=O)C(O)C(N)Cc1ccc(S(C)(=O)=O)cc1)C(=O)O. The number of amides is 1. The quantitative estimate of drug-likeness (QED) is 0.465. The molecular formula is C17H26N2O6S. The second-order valence-corrected chi connectivity index (χ2v) is 8.77. The summed E-state index contributed by atoms with van der Waals surface area (Å²) in [6, 6.07) is 3.89. The van der Waals surface area contributed by atoms with Gasteiger partial charge in [-0.05, 0) is 36.5 Å². The number of rotatable bonds is 9. The van der Waals surface area contributed by atoms with Crippen molar-refractivity contribution in [3.63, 3.8) is 0 Å². The van der Waals surface area contributed by atoms with Gasteiger partial charge in [0.25, 0.3) is 5.91 Å². The van der Waals surface area contributed by atoms with Gasteiger partial charge in [-0.2, -0.15) is 0 Å². The molecule has 0 fully saturated rings. The predicted molar refractivity (Wildman–Crippen MR) is 96.3 cm³/mol. The number of sulfone groups is 1. The van der Waals surface area contributed by atoms with Crippen LogP contribution in [-0.4, -0.2) is 55.0 Å². The maximum atomic E-state index is 12.1. The highest BCUT2D eigenvalue weighted by molar-refractivity contribution is 7.90. The van der Waals surface area contributed by atoms with Crippen LogP contribution in [0.2, 0.25) is 0 Å². The Balaban J connectivity index is 2.72. The summed E-state index contributed by atoms with van der Waals surface area (Å²) in [6.07, 6.45) is -0.132. The summed E-state index contributed by atoms with van der Waals surface area (Å²) in [6.45, 7) is 3.65. The zero-order valence-corrected chi connectivity index (χ0v) is 15.9. The molecule has 1 amide bonds. The Morgan fingerprint density at radius 2 is 1.73 bits per heavy atom. The standard InChI is InChI=1S/C17H26N2O6S/c1-10(2)8-14(17(22)23)19-16(21)15(20)13(18)9-11-4-6-12(7-5-11)26(3,24)25/h4-7,10,13-15,20H,8-9,18H2,1-3H3,(H,19,21)(H,22,23). The summed E-state index contributed by atoms with van der Waals surface area (Å²) < 4.78 is 22.9. The van der Waals surface area contributed by atoms with Crippen LogP contribution < -0.4 is 11.1 Å². The minimum Gasteiger partial charge on any atom is -0.480 e. The van der Waals surface area contributed by atoms with Crippen LogP contribution in [0.1, 0.15) is 25.8 Å².